The van der Waals surface area contributed by atoms with Gasteiger partial charge in [-0.25, -0.2) is 0 Å². The highest BCUT2D eigenvalue weighted by Gasteiger charge is 2.36. The van der Waals surface area contributed by atoms with Gasteiger partial charge in [-0.05, 0) is 27.7 Å². The zero-order valence-corrected chi connectivity index (χ0v) is 10.7. The molecule has 1 saturated heterocycles. The highest BCUT2D eigenvalue weighted by molar-refractivity contribution is 5.89. The lowest BCUT2D eigenvalue weighted by Crippen LogP contribution is -2.38. The van der Waals surface area contributed by atoms with Gasteiger partial charge in [0.1, 0.15) is 0 Å². The van der Waals surface area contributed by atoms with Crippen molar-refractivity contribution in [1.29, 1.82) is 0 Å². The van der Waals surface area contributed by atoms with Crippen LogP contribution in [0, 0.1) is 5.92 Å². The molecule has 0 unspecified atom stereocenters. The molecule has 0 saturated carbocycles. The van der Waals surface area contributed by atoms with Crippen LogP contribution in [0.5, 0.6) is 0 Å². The molecule has 1 heterocycles. The Kier molecular flexibility index (Phi) is 4.33. The lowest BCUT2D eigenvalue weighted by Gasteiger charge is -2.24. The summed E-state index contributed by atoms with van der Waals surface area (Å²) >= 11 is 0. The van der Waals surface area contributed by atoms with Crippen LogP contribution in [0.4, 0.5) is 0 Å². The summed E-state index contributed by atoms with van der Waals surface area (Å²) in [5.41, 5.74) is 0. The van der Waals surface area contributed by atoms with Crippen molar-refractivity contribution < 1.29 is 9.59 Å². The first-order valence-electron chi connectivity index (χ1n) is 6.09. The fourth-order valence-electron chi connectivity index (χ4n) is 2.19. The lowest BCUT2D eigenvalue weighted by atomic mass is 10.1. The van der Waals surface area contributed by atoms with Gasteiger partial charge in [-0.1, -0.05) is 0 Å². The third kappa shape index (κ3) is 2.54. The van der Waals surface area contributed by atoms with E-state index in [0.29, 0.717) is 13.0 Å². The third-order valence-corrected chi connectivity index (χ3v) is 3.21. The van der Waals surface area contributed by atoms with Crippen LogP contribution in [0.15, 0.2) is 0 Å². The first-order chi connectivity index (χ1) is 7.51. The minimum Gasteiger partial charge on any atom is -0.343 e. The maximum absolute atomic E-state index is 12.1. The molecule has 0 radical (unpaired) electrons. The zero-order valence-electron chi connectivity index (χ0n) is 10.7. The summed E-state index contributed by atoms with van der Waals surface area (Å²) in [7, 11) is 0. The predicted octanol–water partition coefficient (Wildman–Crippen LogP) is 1.11. The molecule has 2 amide bonds. The van der Waals surface area contributed by atoms with Gasteiger partial charge in [0.25, 0.3) is 0 Å². The molecule has 1 aliphatic rings. The number of hydrogen-bond acceptors (Lipinski definition) is 2. The Hall–Kier alpha value is -1.06. The van der Waals surface area contributed by atoms with E-state index in [1.165, 1.54) is 0 Å². The fourth-order valence-corrected chi connectivity index (χ4v) is 2.19. The van der Waals surface area contributed by atoms with E-state index in [4.69, 9.17) is 0 Å². The normalized spacial score (nSPS) is 20.7. The van der Waals surface area contributed by atoms with Crippen molar-refractivity contribution in [3.8, 4) is 0 Å². The molecule has 0 aromatic carbocycles. The van der Waals surface area contributed by atoms with Crippen LogP contribution < -0.4 is 0 Å². The number of hydrogen-bond donors (Lipinski definition) is 0. The average molecular weight is 226 g/mol. The van der Waals surface area contributed by atoms with Gasteiger partial charge in [0, 0.05) is 32.1 Å². The first kappa shape index (κ1) is 13.0. The molecular weight excluding hydrogens is 204 g/mol. The summed E-state index contributed by atoms with van der Waals surface area (Å²) in [6, 6.07) is 0.196. The van der Waals surface area contributed by atoms with Crippen molar-refractivity contribution in [2.75, 3.05) is 19.6 Å². The Labute approximate surface area is 97.6 Å². The lowest BCUT2D eigenvalue weighted by molar-refractivity contribution is -0.135. The summed E-state index contributed by atoms with van der Waals surface area (Å²) in [5.74, 6) is 0.108. The second-order valence-electron chi connectivity index (χ2n) is 4.55. The molecular formula is C12H22N2O2. The first-order valence-corrected chi connectivity index (χ1v) is 6.09. The number of nitrogens with zero attached hydrogens (tertiary/aromatic N) is 2. The van der Waals surface area contributed by atoms with Crippen molar-refractivity contribution >= 4 is 11.8 Å². The summed E-state index contributed by atoms with van der Waals surface area (Å²) in [6.07, 6.45) is 0.382. The van der Waals surface area contributed by atoms with Gasteiger partial charge in [-0.2, -0.15) is 0 Å². The van der Waals surface area contributed by atoms with Gasteiger partial charge in [0.15, 0.2) is 0 Å². The Morgan fingerprint density at radius 3 is 2.38 bits per heavy atom. The van der Waals surface area contributed by atoms with Crippen LogP contribution in [-0.2, 0) is 9.59 Å². The van der Waals surface area contributed by atoms with Gasteiger partial charge < -0.3 is 9.80 Å². The maximum atomic E-state index is 12.1. The molecule has 1 aliphatic heterocycles. The molecule has 1 rings (SSSR count). The molecule has 1 fully saturated rings. The highest BCUT2D eigenvalue weighted by atomic mass is 16.2. The van der Waals surface area contributed by atoms with E-state index >= 15 is 0 Å². The molecule has 0 aromatic rings. The fraction of sp³-hybridized carbons (Fsp3) is 0.833. The number of carbonyl (C=O) groups excluding carboxylic acids is 2. The summed E-state index contributed by atoms with van der Waals surface area (Å²) < 4.78 is 0. The Morgan fingerprint density at radius 2 is 2.00 bits per heavy atom. The number of amides is 2. The summed E-state index contributed by atoms with van der Waals surface area (Å²) in [4.78, 5) is 27.4. The molecule has 0 spiro atoms. The van der Waals surface area contributed by atoms with Crippen LogP contribution in [0.3, 0.4) is 0 Å². The largest absolute Gasteiger partial charge is 0.343 e. The highest BCUT2D eigenvalue weighted by Crippen LogP contribution is 2.21. The molecule has 92 valence electrons. The average Bonchev–Trinajstić information content (AvgIpc) is 2.62. The van der Waals surface area contributed by atoms with Crippen LogP contribution in [0.25, 0.3) is 0 Å². The van der Waals surface area contributed by atoms with E-state index in [2.05, 4.69) is 0 Å². The Bertz CT molecular complexity index is 272. The standard InChI is InChI=1S/C12H22N2O2/c1-5-13(6-2)12(16)10-7-11(15)14(8-10)9(3)4/h9-10H,5-8H2,1-4H3/t10-/m1/s1. The van der Waals surface area contributed by atoms with Gasteiger partial charge >= 0.3 is 0 Å². The second kappa shape index (κ2) is 5.32. The summed E-state index contributed by atoms with van der Waals surface area (Å²) in [5, 5.41) is 0. The van der Waals surface area contributed by atoms with Crippen molar-refractivity contribution in [1.82, 2.24) is 9.80 Å². The quantitative estimate of drug-likeness (QED) is 0.720. The molecule has 0 aromatic heterocycles. The molecule has 4 heteroatoms. The van der Waals surface area contributed by atoms with Crippen molar-refractivity contribution in [3.63, 3.8) is 0 Å². The van der Waals surface area contributed by atoms with E-state index in [1.807, 2.05) is 32.6 Å². The number of likely N-dealkylation sites (tertiary alicyclic amines) is 1. The van der Waals surface area contributed by atoms with E-state index < -0.39 is 0 Å². The molecule has 4 nitrogen and oxygen atoms in total. The van der Waals surface area contributed by atoms with E-state index in [-0.39, 0.29) is 23.8 Å². The van der Waals surface area contributed by atoms with Crippen LogP contribution in [-0.4, -0.2) is 47.3 Å². The van der Waals surface area contributed by atoms with Crippen LogP contribution >= 0.6 is 0 Å². The van der Waals surface area contributed by atoms with E-state index in [9.17, 15) is 9.59 Å². The van der Waals surface area contributed by atoms with Crippen LogP contribution in [0.2, 0.25) is 0 Å². The summed E-state index contributed by atoms with van der Waals surface area (Å²) in [6.45, 7) is 9.95. The third-order valence-electron chi connectivity index (χ3n) is 3.21. The van der Waals surface area contributed by atoms with E-state index in [1.54, 1.807) is 4.90 Å². The maximum Gasteiger partial charge on any atom is 0.227 e. The van der Waals surface area contributed by atoms with Crippen molar-refractivity contribution in [2.45, 2.75) is 40.2 Å². The van der Waals surface area contributed by atoms with Gasteiger partial charge in [-0.15, -0.1) is 0 Å². The van der Waals surface area contributed by atoms with Gasteiger partial charge in [0.2, 0.25) is 11.8 Å². The zero-order chi connectivity index (χ0) is 12.3. The smallest absolute Gasteiger partial charge is 0.227 e. The van der Waals surface area contributed by atoms with E-state index in [0.717, 1.165) is 13.1 Å². The number of carbonyl (C=O) groups is 2. The molecule has 0 N–H and O–H groups in total. The monoisotopic (exact) mass is 226 g/mol. The van der Waals surface area contributed by atoms with Crippen molar-refractivity contribution in [3.05, 3.63) is 0 Å². The topological polar surface area (TPSA) is 40.6 Å². The minimum atomic E-state index is -0.130. The van der Waals surface area contributed by atoms with Gasteiger partial charge in [0.05, 0.1) is 5.92 Å². The van der Waals surface area contributed by atoms with Crippen molar-refractivity contribution in [2.24, 2.45) is 5.92 Å². The Morgan fingerprint density at radius 1 is 1.44 bits per heavy atom. The molecule has 16 heavy (non-hydrogen) atoms. The second-order valence-corrected chi connectivity index (χ2v) is 4.55. The Balaban J connectivity index is 2.64. The SMILES string of the molecule is CCN(CC)C(=O)[C@@H]1CC(=O)N(C(C)C)C1. The molecule has 0 aliphatic carbocycles. The molecule has 0 bridgehead atoms. The molecule has 1 atom stereocenters. The van der Waals surface area contributed by atoms with Crippen LogP contribution in [0.1, 0.15) is 34.1 Å². The van der Waals surface area contributed by atoms with Gasteiger partial charge in [-0.3, -0.25) is 9.59 Å². The number of rotatable bonds is 4. The minimum absolute atomic E-state index is 0.112. The predicted molar refractivity (Wildman–Crippen MR) is 62.9 cm³/mol.